The van der Waals surface area contributed by atoms with E-state index in [9.17, 15) is 0 Å². The lowest BCUT2D eigenvalue weighted by atomic mass is 9.62. The first-order valence-electron chi connectivity index (χ1n) is 6.27. The summed E-state index contributed by atoms with van der Waals surface area (Å²) in [4.78, 5) is 0. The summed E-state index contributed by atoms with van der Waals surface area (Å²) < 4.78 is 0. The molecular formula is C14H26. The summed E-state index contributed by atoms with van der Waals surface area (Å²) in [6, 6.07) is 0. The Bertz CT molecular complexity index is 225. The smallest absolute Gasteiger partial charge is 0.0239 e. The second kappa shape index (κ2) is 2.77. The third-order valence-corrected chi connectivity index (χ3v) is 5.27. The van der Waals surface area contributed by atoms with Crippen molar-refractivity contribution in [3.8, 4) is 0 Å². The summed E-state index contributed by atoms with van der Waals surface area (Å²) in [5, 5.41) is 0. The van der Waals surface area contributed by atoms with Crippen molar-refractivity contribution in [2.24, 2.45) is 22.2 Å². The van der Waals surface area contributed by atoms with Crippen LogP contribution in [-0.2, 0) is 0 Å². The standard InChI is InChI=1S/C14H26/c1-12(2,3)10-14(5)11-6-8-13(14,4)9-7-11/h11H,6-10H2,1-5H3. The fraction of sp³-hybridized carbons (Fsp3) is 1.00. The van der Waals surface area contributed by atoms with Crippen LogP contribution < -0.4 is 0 Å². The van der Waals surface area contributed by atoms with Crippen molar-refractivity contribution in [1.29, 1.82) is 0 Å². The van der Waals surface area contributed by atoms with Gasteiger partial charge in [-0.15, -0.1) is 0 Å². The summed E-state index contributed by atoms with van der Waals surface area (Å²) in [5.41, 5.74) is 1.82. The highest BCUT2D eigenvalue weighted by Crippen LogP contribution is 2.68. The van der Waals surface area contributed by atoms with Gasteiger partial charge in [-0.3, -0.25) is 0 Å². The molecule has 0 radical (unpaired) electrons. The molecule has 0 aliphatic heterocycles. The van der Waals surface area contributed by atoms with Gasteiger partial charge in [-0.2, -0.15) is 0 Å². The van der Waals surface area contributed by atoms with E-state index >= 15 is 0 Å². The molecule has 0 heteroatoms. The van der Waals surface area contributed by atoms with E-state index in [4.69, 9.17) is 0 Å². The summed E-state index contributed by atoms with van der Waals surface area (Å²) in [6.45, 7) is 12.3. The highest BCUT2D eigenvalue weighted by atomic mass is 14.6. The van der Waals surface area contributed by atoms with E-state index in [1.54, 1.807) is 0 Å². The molecule has 82 valence electrons. The van der Waals surface area contributed by atoms with Crippen LogP contribution in [0.3, 0.4) is 0 Å². The van der Waals surface area contributed by atoms with Crippen LogP contribution in [0, 0.1) is 22.2 Å². The van der Waals surface area contributed by atoms with Crippen molar-refractivity contribution in [1.82, 2.24) is 0 Å². The van der Waals surface area contributed by atoms with Crippen LogP contribution in [0.15, 0.2) is 0 Å². The molecule has 0 aromatic rings. The van der Waals surface area contributed by atoms with E-state index < -0.39 is 0 Å². The average molecular weight is 194 g/mol. The van der Waals surface area contributed by atoms with E-state index in [1.165, 1.54) is 32.1 Å². The molecule has 1 atom stereocenters. The zero-order valence-corrected chi connectivity index (χ0v) is 10.6. The van der Waals surface area contributed by atoms with Crippen LogP contribution >= 0.6 is 0 Å². The predicted octanol–water partition coefficient (Wildman–Crippen LogP) is 4.64. The summed E-state index contributed by atoms with van der Waals surface area (Å²) >= 11 is 0. The van der Waals surface area contributed by atoms with Gasteiger partial charge in [-0.1, -0.05) is 34.6 Å². The van der Waals surface area contributed by atoms with E-state index in [1.807, 2.05) is 0 Å². The number of fused-ring (bicyclic) bond motifs is 2. The van der Waals surface area contributed by atoms with Gasteiger partial charge in [-0.05, 0) is 54.3 Å². The summed E-state index contributed by atoms with van der Waals surface area (Å²) in [7, 11) is 0. The lowest BCUT2D eigenvalue weighted by Gasteiger charge is -2.42. The molecular weight excluding hydrogens is 168 g/mol. The minimum absolute atomic E-state index is 0.503. The normalized spacial score (nSPS) is 47.4. The molecule has 2 rings (SSSR count). The molecule has 0 aromatic heterocycles. The van der Waals surface area contributed by atoms with E-state index in [-0.39, 0.29) is 0 Å². The molecule has 0 amide bonds. The maximum Gasteiger partial charge on any atom is -0.0239 e. The molecule has 2 saturated carbocycles. The Morgan fingerprint density at radius 3 is 1.86 bits per heavy atom. The molecule has 0 saturated heterocycles. The fourth-order valence-electron chi connectivity index (χ4n) is 4.42. The topological polar surface area (TPSA) is 0 Å². The Balaban J connectivity index is 2.24. The number of hydrogen-bond acceptors (Lipinski definition) is 0. The van der Waals surface area contributed by atoms with Crippen LogP contribution in [0.5, 0.6) is 0 Å². The molecule has 2 fully saturated rings. The van der Waals surface area contributed by atoms with Gasteiger partial charge in [0.25, 0.3) is 0 Å². The zero-order valence-electron chi connectivity index (χ0n) is 10.6. The van der Waals surface area contributed by atoms with Crippen LogP contribution in [-0.4, -0.2) is 0 Å². The Morgan fingerprint density at radius 1 is 1.07 bits per heavy atom. The maximum atomic E-state index is 2.57. The average Bonchev–Trinajstić information content (AvgIpc) is 2.34. The third-order valence-electron chi connectivity index (χ3n) is 5.27. The van der Waals surface area contributed by atoms with E-state index in [0.717, 1.165) is 5.92 Å². The number of rotatable bonds is 1. The van der Waals surface area contributed by atoms with Crippen LogP contribution in [0.4, 0.5) is 0 Å². The quantitative estimate of drug-likeness (QED) is 0.570. The van der Waals surface area contributed by atoms with Gasteiger partial charge in [-0.25, -0.2) is 0 Å². The van der Waals surface area contributed by atoms with Crippen LogP contribution in [0.25, 0.3) is 0 Å². The van der Waals surface area contributed by atoms with Gasteiger partial charge in [0.1, 0.15) is 0 Å². The molecule has 2 aliphatic rings. The Labute approximate surface area is 89.5 Å². The van der Waals surface area contributed by atoms with Gasteiger partial charge in [0.05, 0.1) is 0 Å². The second-order valence-corrected chi connectivity index (χ2v) is 7.49. The molecule has 0 aromatic carbocycles. The molecule has 0 spiro atoms. The third kappa shape index (κ3) is 1.33. The lowest BCUT2D eigenvalue weighted by molar-refractivity contribution is 0.0683. The monoisotopic (exact) mass is 194 g/mol. The molecule has 2 bridgehead atoms. The van der Waals surface area contributed by atoms with Crippen molar-refractivity contribution in [3.05, 3.63) is 0 Å². The first-order chi connectivity index (χ1) is 6.27. The van der Waals surface area contributed by atoms with Gasteiger partial charge >= 0.3 is 0 Å². The Hall–Kier alpha value is 0. The number of hydrogen-bond donors (Lipinski definition) is 0. The van der Waals surface area contributed by atoms with Gasteiger partial charge < -0.3 is 0 Å². The molecule has 0 heterocycles. The Morgan fingerprint density at radius 2 is 1.57 bits per heavy atom. The van der Waals surface area contributed by atoms with Crippen molar-refractivity contribution in [2.45, 2.75) is 66.7 Å². The summed E-state index contributed by atoms with van der Waals surface area (Å²) in [6.07, 6.45) is 7.40. The summed E-state index contributed by atoms with van der Waals surface area (Å²) in [5.74, 6) is 1.03. The van der Waals surface area contributed by atoms with Crippen LogP contribution in [0.1, 0.15) is 66.7 Å². The predicted molar refractivity (Wildman–Crippen MR) is 62.2 cm³/mol. The molecule has 1 unspecified atom stereocenters. The largest absolute Gasteiger partial charge is 0.0602 e. The molecule has 0 nitrogen and oxygen atoms in total. The maximum absolute atomic E-state index is 2.57. The van der Waals surface area contributed by atoms with E-state index in [0.29, 0.717) is 16.2 Å². The fourth-order valence-corrected chi connectivity index (χ4v) is 4.42. The van der Waals surface area contributed by atoms with Gasteiger partial charge in [0.15, 0.2) is 0 Å². The zero-order chi connectivity index (χ0) is 10.6. The highest BCUT2D eigenvalue weighted by molar-refractivity contribution is 5.08. The van der Waals surface area contributed by atoms with E-state index in [2.05, 4.69) is 34.6 Å². The minimum Gasteiger partial charge on any atom is -0.0602 e. The Kier molecular flexibility index (Phi) is 2.08. The van der Waals surface area contributed by atoms with Crippen molar-refractivity contribution >= 4 is 0 Å². The second-order valence-electron chi connectivity index (χ2n) is 7.49. The molecule has 2 aliphatic carbocycles. The van der Waals surface area contributed by atoms with Crippen LogP contribution in [0.2, 0.25) is 0 Å². The van der Waals surface area contributed by atoms with Crippen molar-refractivity contribution < 1.29 is 0 Å². The molecule has 14 heavy (non-hydrogen) atoms. The minimum atomic E-state index is 0.503. The first-order valence-corrected chi connectivity index (χ1v) is 6.27. The molecule has 0 N–H and O–H groups in total. The van der Waals surface area contributed by atoms with Gasteiger partial charge in [0, 0.05) is 0 Å². The van der Waals surface area contributed by atoms with Crippen molar-refractivity contribution in [3.63, 3.8) is 0 Å². The first kappa shape index (κ1) is 10.5. The SMILES string of the molecule is CC(C)(C)CC1(C)C2CCC1(C)CC2. The van der Waals surface area contributed by atoms with Gasteiger partial charge in [0.2, 0.25) is 0 Å². The lowest BCUT2D eigenvalue weighted by Crippen LogP contribution is -2.34. The van der Waals surface area contributed by atoms with Crippen molar-refractivity contribution in [2.75, 3.05) is 0 Å². The highest BCUT2D eigenvalue weighted by Gasteiger charge is 2.59.